The summed E-state index contributed by atoms with van der Waals surface area (Å²) >= 11 is 0. The van der Waals surface area contributed by atoms with E-state index in [0.29, 0.717) is 6.01 Å². The molecule has 0 aliphatic heterocycles. The third kappa shape index (κ3) is 1.81. The van der Waals surface area contributed by atoms with Gasteiger partial charge in [0.05, 0.1) is 0 Å². The van der Waals surface area contributed by atoms with Crippen LogP contribution in [0.25, 0.3) is 11.3 Å². The van der Waals surface area contributed by atoms with Crippen molar-refractivity contribution >= 4 is 6.01 Å². The lowest BCUT2D eigenvalue weighted by Gasteiger charge is -2.06. The van der Waals surface area contributed by atoms with Gasteiger partial charge in [-0.3, -0.25) is 0 Å². The average molecular weight is 216 g/mol. The van der Waals surface area contributed by atoms with Gasteiger partial charge in [0.25, 0.3) is 6.01 Å². The van der Waals surface area contributed by atoms with Crippen LogP contribution in [0.3, 0.4) is 0 Å². The molecule has 16 heavy (non-hydrogen) atoms. The van der Waals surface area contributed by atoms with Gasteiger partial charge in [-0.1, -0.05) is 6.07 Å². The zero-order valence-corrected chi connectivity index (χ0v) is 10.1. The first-order valence-corrected chi connectivity index (χ1v) is 5.33. The summed E-state index contributed by atoms with van der Waals surface area (Å²) in [6.45, 7) is 6.32. The molecule has 0 atom stereocenters. The van der Waals surface area contributed by atoms with Crippen LogP contribution < -0.4 is 5.32 Å². The minimum atomic E-state index is 0.549. The number of benzene rings is 1. The lowest BCUT2D eigenvalue weighted by atomic mass is 9.99. The molecule has 0 radical (unpaired) electrons. The van der Waals surface area contributed by atoms with Gasteiger partial charge in [0.15, 0.2) is 0 Å². The van der Waals surface area contributed by atoms with Gasteiger partial charge in [-0.05, 0) is 43.5 Å². The van der Waals surface area contributed by atoms with Crippen LogP contribution >= 0.6 is 0 Å². The molecule has 3 heteroatoms. The quantitative estimate of drug-likeness (QED) is 0.837. The van der Waals surface area contributed by atoms with E-state index in [1.807, 2.05) is 0 Å². The normalized spacial score (nSPS) is 10.5. The van der Waals surface area contributed by atoms with E-state index in [9.17, 15) is 0 Å². The van der Waals surface area contributed by atoms with Crippen molar-refractivity contribution in [3.63, 3.8) is 0 Å². The van der Waals surface area contributed by atoms with Crippen molar-refractivity contribution < 1.29 is 4.42 Å². The number of oxazole rings is 1. The standard InChI is InChI=1S/C13H16N2O/c1-8-5-10(3)11(6-9(8)2)12-7-16-13(14-4)15-12/h5-7H,1-4H3,(H,14,15). The van der Waals surface area contributed by atoms with Crippen molar-refractivity contribution in [3.05, 3.63) is 35.1 Å². The minimum Gasteiger partial charge on any atom is -0.432 e. The predicted octanol–water partition coefficient (Wildman–Crippen LogP) is 3.31. The molecule has 1 aromatic carbocycles. The smallest absolute Gasteiger partial charge is 0.294 e. The van der Waals surface area contributed by atoms with Gasteiger partial charge in [-0.15, -0.1) is 0 Å². The van der Waals surface area contributed by atoms with Crippen molar-refractivity contribution in [1.82, 2.24) is 4.98 Å². The van der Waals surface area contributed by atoms with Crippen molar-refractivity contribution in [3.8, 4) is 11.3 Å². The van der Waals surface area contributed by atoms with Gasteiger partial charge < -0.3 is 9.73 Å². The number of rotatable bonds is 2. The summed E-state index contributed by atoms with van der Waals surface area (Å²) in [6.07, 6.45) is 1.68. The second-order valence-corrected chi connectivity index (χ2v) is 4.04. The molecular weight excluding hydrogens is 200 g/mol. The molecule has 0 aliphatic carbocycles. The van der Waals surface area contributed by atoms with Gasteiger partial charge in [-0.2, -0.15) is 4.98 Å². The summed E-state index contributed by atoms with van der Waals surface area (Å²) in [5, 5.41) is 2.88. The maximum Gasteiger partial charge on any atom is 0.294 e. The highest BCUT2D eigenvalue weighted by Gasteiger charge is 2.09. The number of nitrogens with zero attached hydrogens (tertiary/aromatic N) is 1. The maximum absolute atomic E-state index is 5.27. The van der Waals surface area contributed by atoms with Gasteiger partial charge >= 0.3 is 0 Å². The van der Waals surface area contributed by atoms with Crippen LogP contribution in [0.1, 0.15) is 16.7 Å². The highest BCUT2D eigenvalue weighted by Crippen LogP contribution is 2.26. The Morgan fingerprint density at radius 1 is 1.06 bits per heavy atom. The molecule has 2 rings (SSSR count). The molecule has 0 saturated carbocycles. The lowest BCUT2D eigenvalue weighted by molar-refractivity contribution is 0.576. The largest absolute Gasteiger partial charge is 0.432 e. The van der Waals surface area contributed by atoms with E-state index in [2.05, 4.69) is 43.2 Å². The van der Waals surface area contributed by atoms with E-state index in [4.69, 9.17) is 4.42 Å². The first-order chi connectivity index (χ1) is 7.61. The highest BCUT2D eigenvalue weighted by molar-refractivity contribution is 5.65. The molecule has 1 N–H and O–H groups in total. The fourth-order valence-corrected chi connectivity index (χ4v) is 1.75. The molecule has 3 nitrogen and oxygen atoms in total. The molecule has 0 aliphatic rings. The molecule has 84 valence electrons. The first kappa shape index (κ1) is 10.7. The minimum absolute atomic E-state index is 0.549. The van der Waals surface area contributed by atoms with Crippen molar-refractivity contribution in [1.29, 1.82) is 0 Å². The van der Waals surface area contributed by atoms with Crippen LogP contribution in [0.2, 0.25) is 0 Å². The van der Waals surface area contributed by atoms with Crippen molar-refractivity contribution in [2.45, 2.75) is 20.8 Å². The Labute approximate surface area is 95.5 Å². The van der Waals surface area contributed by atoms with Gasteiger partial charge in [0.2, 0.25) is 0 Å². The number of hydrogen-bond acceptors (Lipinski definition) is 3. The molecule has 2 aromatic rings. The van der Waals surface area contributed by atoms with Crippen LogP contribution in [0.15, 0.2) is 22.8 Å². The summed E-state index contributed by atoms with van der Waals surface area (Å²) < 4.78 is 5.27. The molecule has 1 heterocycles. The van der Waals surface area contributed by atoms with E-state index >= 15 is 0 Å². The summed E-state index contributed by atoms with van der Waals surface area (Å²) in [5.41, 5.74) is 5.81. The molecule has 0 bridgehead atoms. The Bertz CT molecular complexity index is 515. The number of aryl methyl sites for hydroxylation is 3. The number of aromatic nitrogens is 1. The first-order valence-electron chi connectivity index (χ1n) is 5.33. The van der Waals surface area contributed by atoms with Gasteiger partial charge in [0, 0.05) is 12.6 Å². The van der Waals surface area contributed by atoms with Crippen LogP contribution in [0, 0.1) is 20.8 Å². The zero-order chi connectivity index (χ0) is 11.7. The van der Waals surface area contributed by atoms with E-state index in [1.54, 1.807) is 13.3 Å². The number of anilines is 1. The third-order valence-electron chi connectivity index (χ3n) is 2.83. The molecule has 0 amide bonds. The van der Waals surface area contributed by atoms with Gasteiger partial charge in [-0.25, -0.2) is 0 Å². The summed E-state index contributed by atoms with van der Waals surface area (Å²) in [4.78, 5) is 4.35. The molecule has 1 aromatic heterocycles. The molecular formula is C13H16N2O. The van der Waals surface area contributed by atoms with Crippen molar-refractivity contribution in [2.75, 3.05) is 12.4 Å². The van der Waals surface area contributed by atoms with Crippen LogP contribution in [-0.2, 0) is 0 Å². The maximum atomic E-state index is 5.27. The van der Waals surface area contributed by atoms with E-state index in [1.165, 1.54) is 16.7 Å². The van der Waals surface area contributed by atoms with E-state index < -0.39 is 0 Å². The van der Waals surface area contributed by atoms with Crippen molar-refractivity contribution in [2.24, 2.45) is 0 Å². The topological polar surface area (TPSA) is 38.1 Å². The highest BCUT2D eigenvalue weighted by atomic mass is 16.4. The van der Waals surface area contributed by atoms with Crippen LogP contribution in [-0.4, -0.2) is 12.0 Å². The Kier molecular flexibility index (Phi) is 2.69. The number of hydrogen-bond donors (Lipinski definition) is 1. The van der Waals surface area contributed by atoms with E-state index in [-0.39, 0.29) is 0 Å². The SMILES string of the molecule is CNc1nc(-c2cc(C)c(C)cc2C)co1. The Morgan fingerprint density at radius 3 is 2.38 bits per heavy atom. The van der Waals surface area contributed by atoms with Crippen LogP contribution in [0.4, 0.5) is 6.01 Å². The molecule has 0 unspecified atom stereocenters. The zero-order valence-electron chi connectivity index (χ0n) is 10.1. The second kappa shape index (κ2) is 4.00. The van der Waals surface area contributed by atoms with E-state index in [0.717, 1.165) is 11.3 Å². The Balaban J connectivity index is 2.51. The fraction of sp³-hybridized carbons (Fsp3) is 0.308. The third-order valence-corrected chi connectivity index (χ3v) is 2.83. The second-order valence-electron chi connectivity index (χ2n) is 4.04. The lowest BCUT2D eigenvalue weighted by Crippen LogP contribution is -1.90. The average Bonchev–Trinajstić information content (AvgIpc) is 2.71. The monoisotopic (exact) mass is 216 g/mol. The Hall–Kier alpha value is -1.77. The predicted molar refractivity (Wildman–Crippen MR) is 65.7 cm³/mol. The van der Waals surface area contributed by atoms with Gasteiger partial charge in [0.1, 0.15) is 12.0 Å². The molecule has 0 saturated heterocycles. The molecule has 0 fully saturated rings. The summed E-state index contributed by atoms with van der Waals surface area (Å²) in [5.74, 6) is 0. The number of nitrogens with one attached hydrogen (secondary N) is 1. The fourth-order valence-electron chi connectivity index (χ4n) is 1.75. The summed E-state index contributed by atoms with van der Waals surface area (Å²) in [7, 11) is 1.79. The summed E-state index contributed by atoms with van der Waals surface area (Å²) in [6, 6.07) is 4.88. The Morgan fingerprint density at radius 2 is 1.75 bits per heavy atom. The van der Waals surface area contributed by atoms with Crippen LogP contribution in [0.5, 0.6) is 0 Å². The molecule has 0 spiro atoms.